The summed E-state index contributed by atoms with van der Waals surface area (Å²) in [5.74, 6) is 2.50. The first-order valence-corrected chi connectivity index (χ1v) is 15.2. The minimum absolute atomic E-state index is 0.428. The predicted molar refractivity (Wildman–Crippen MR) is 184 cm³/mol. The first-order valence-electron chi connectivity index (χ1n) is 15.2. The number of furan rings is 1. The molecule has 2 aliphatic rings. The van der Waals surface area contributed by atoms with Crippen molar-refractivity contribution in [2.45, 2.75) is 12.7 Å². The van der Waals surface area contributed by atoms with Crippen LogP contribution in [0.15, 0.2) is 148 Å². The highest BCUT2D eigenvalue weighted by atomic mass is 16.3. The zero-order chi connectivity index (χ0) is 29.7. The van der Waals surface area contributed by atoms with Crippen LogP contribution in [-0.4, -0.2) is 11.7 Å². The van der Waals surface area contributed by atoms with E-state index in [1.807, 2.05) is 24.4 Å². The highest BCUT2D eigenvalue weighted by Gasteiger charge is 2.25. The van der Waals surface area contributed by atoms with Gasteiger partial charge in [-0.1, -0.05) is 103 Å². The molecule has 2 N–H and O–H groups in total. The number of nitrogens with one attached hydrogen (secondary N) is 2. The highest BCUT2D eigenvalue weighted by Crippen LogP contribution is 2.34. The molecule has 0 bridgehead atoms. The number of hydrogen-bond acceptors (Lipinski definition) is 5. The second kappa shape index (κ2) is 10.4. The van der Waals surface area contributed by atoms with Crippen molar-refractivity contribution in [1.82, 2.24) is 10.6 Å². The summed E-state index contributed by atoms with van der Waals surface area (Å²) in [5, 5.41) is 12.7. The molecule has 7 aromatic rings. The molecule has 3 heterocycles. The van der Waals surface area contributed by atoms with Crippen molar-refractivity contribution in [3.8, 4) is 11.1 Å². The van der Waals surface area contributed by atoms with Crippen molar-refractivity contribution in [1.29, 1.82) is 0 Å². The molecule has 1 atom stereocenters. The number of benzene rings is 6. The van der Waals surface area contributed by atoms with Gasteiger partial charge < -0.3 is 15.1 Å². The summed E-state index contributed by atoms with van der Waals surface area (Å²) < 4.78 is 6.26. The molecular weight excluding hydrogens is 552 g/mol. The van der Waals surface area contributed by atoms with Gasteiger partial charge in [0.2, 0.25) is 0 Å². The summed E-state index contributed by atoms with van der Waals surface area (Å²) in [6, 6.07) is 44.8. The third-order valence-corrected chi connectivity index (χ3v) is 8.75. The molecular formula is C40H28N4O. The van der Waals surface area contributed by atoms with Gasteiger partial charge in [0.15, 0.2) is 6.17 Å². The van der Waals surface area contributed by atoms with Gasteiger partial charge in [-0.15, -0.1) is 0 Å². The lowest BCUT2D eigenvalue weighted by molar-refractivity contribution is 0.532. The topological polar surface area (TPSA) is 61.9 Å². The summed E-state index contributed by atoms with van der Waals surface area (Å²) in [6.07, 6.45) is 3.64. The Balaban J connectivity index is 1.21. The van der Waals surface area contributed by atoms with E-state index in [4.69, 9.17) is 14.4 Å². The molecule has 5 nitrogen and oxygen atoms in total. The molecule has 45 heavy (non-hydrogen) atoms. The molecule has 0 fully saturated rings. The van der Waals surface area contributed by atoms with Gasteiger partial charge in [0, 0.05) is 22.1 Å². The average molecular weight is 581 g/mol. The Hall–Kier alpha value is -5.94. The van der Waals surface area contributed by atoms with Crippen LogP contribution in [-0.2, 0) is 6.54 Å². The Labute approximate surface area is 260 Å². The maximum absolute atomic E-state index is 6.26. The molecule has 0 aliphatic carbocycles. The van der Waals surface area contributed by atoms with Gasteiger partial charge >= 0.3 is 0 Å². The van der Waals surface area contributed by atoms with E-state index in [0.717, 1.165) is 56.0 Å². The molecule has 214 valence electrons. The number of hydrogen-bond donors (Lipinski definition) is 2. The minimum atomic E-state index is -0.428. The molecule has 1 unspecified atom stereocenters. The third kappa shape index (κ3) is 4.48. The van der Waals surface area contributed by atoms with Gasteiger partial charge in [-0.3, -0.25) is 0 Å². The molecule has 0 amide bonds. The van der Waals surface area contributed by atoms with Crippen LogP contribution in [0, 0.1) is 0 Å². The fourth-order valence-corrected chi connectivity index (χ4v) is 6.48. The fraction of sp³-hybridized carbons (Fsp3) is 0.0500. The van der Waals surface area contributed by atoms with Gasteiger partial charge in [-0.2, -0.15) is 0 Å². The Morgan fingerprint density at radius 1 is 0.600 bits per heavy atom. The highest BCUT2D eigenvalue weighted by molar-refractivity contribution is 6.21. The van der Waals surface area contributed by atoms with E-state index in [-0.39, 0.29) is 0 Å². The summed E-state index contributed by atoms with van der Waals surface area (Å²) in [5.41, 5.74) is 7.38. The van der Waals surface area contributed by atoms with Crippen LogP contribution in [0.25, 0.3) is 49.7 Å². The first-order chi connectivity index (χ1) is 22.3. The number of fused-ring (bicyclic) bond motifs is 5. The van der Waals surface area contributed by atoms with Crippen molar-refractivity contribution in [2.75, 3.05) is 0 Å². The molecule has 0 radical (unpaired) electrons. The lowest BCUT2D eigenvalue weighted by Gasteiger charge is -2.23. The minimum Gasteiger partial charge on any atom is -0.459 e. The maximum Gasteiger partial charge on any atom is 0.169 e. The molecule has 9 rings (SSSR count). The van der Waals surface area contributed by atoms with Gasteiger partial charge in [-0.25, -0.2) is 9.98 Å². The van der Waals surface area contributed by atoms with Crippen molar-refractivity contribution in [3.63, 3.8) is 0 Å². The molecule has 0 saturated heterocycles. The van der Waals surface area contributed by atoms with Crippen molar-refractivity contribution in [2.24, 2.45) is 9.98 Å². The molecule has 2 aliphatic heterocycles. The summed E-state index contributed by atoms with van der Waals surface area (Å²) in [4.78, 5) is 10.5. The maximum atomic E-state index is 6.26. The van der Waals surface area contributed by atoms with E-state index in [2.05, 4.69) is 126 Å². The molecule has 0 spiro atoms. The monoisotopic (exact) mass is 580 g/mol. The van der Waals surface area contributed by atoms with Crippen LogP contribution in [0.2, 0.25) is 0 Å². The van der Waals surface area contributed by atoms with E-state index in [0.29, 0.717) is 6.54 Å². The number of nitrogens with zero attached hydrogens (tertiary/aromatic N) is 2. The van der Waals surface area contributed by atoms with Gasteiger partial charge in [0.25, 0.3) is 0 Å². The molecule has 0 saturated carbocycles. The second-order valence-electron chi connectivity index (χ2n) is 11.5. The van der Waals surface area contributed by atoms with Gasteiger partial charge in [0.1, 0.15) is 23.0 Å². The Kier molecular flexibility index (Phi) is 5.88. The van der Waals surface area contributed by atoms with Crippen molar-refractivity contribution in [3.05, 3.63) is 162 Å². The van der Waals surface area contributed by atoms with Crippen molar-refractivity contribution < 1.29 is 4.42 Å². The van der Waals surface area contributed by atoms with Crippen LogP contribution in [0.3, 0.4) is 0 Å². The van der Waals surface area contributed by atoms with Crippen LogP contribution in [0.5, 0.6) is 0 Å². The van der Waals surface area contributed by atoms with Crippen LogP contribution in [0.1, 0.15) is 34.2 Å². The summed E-state index contributed by atoms with van der Waals surface area (Å²) >= 11 is 0. The summed E-state index contributed by atoms with van der Waals surface area (Å²) in [6.45, 7) is 0.661. The third-order valence-electron chi connectivity index (χ3n) is 8.75. The van der Waals surface area contributed by atoms with E-state index in [1.165, 1.54) is 27.3 Å². The molecule has 1 aromatic heterocycles. The summed E-state index contributed by atoms with van der Waals surface area (Å²) in [7, 11) is 0. The van der Waals surface area contributed by atoms with E-state index in [9.17, 15) is 0 Å². The first kappa shape index (κ1) is 25.5. The SMILES string of the molecule is C1=Cc2c(oc3cccc(C4=NC(c5ccc6ccc(-c7ccccc7)cc6c5)N=C(c5ccc6ccccc6c5)N4)c23)CN1. The quantitative estimate of drug-likeness (QED) is 0.218. The zero-order valence-corrected chi connectivity index (χ0v) is 24.4. The van der Waals surface area contributed by atoms with Crippen LogP contribution in [0.4, 0.5) is 0 Å². The van der Waals surface area contributed by atoms with E-state index < -0.39 is 6.17 Å². The molecule has 5 heteroatoms. The van der Waals surface area contributed by atoms with Crippen LogP contribution >= 0.6 is 0 Å². The largest absolute Gasteiger partial charge is 0.459 e. The number of amidine groups is 2. The second-order valence-corrected chi connectivity index (χ2v) is 11.5. The van der Waals surface area contributed by atoms with Crippen molar-refractivity contribution >= 4 is 50.3 Å². The number of rotatable bonds is 4. The normalized spacial score (nSPS) is 15.8. The lowest BCUT2D eigenvalue weighted by atomic mass is 9.98. The molecule has 6 aromatic carbocycles. The Morgan fingerprint density at radius 3 is 2.27 bits per heavy atom. The fourth-order valence-electron chi connectivity index (χ4n) is 6.48. The average Bonchev–Trinajstić information content (AvgIpc) is 3.50. The Bertz CT molecular complexity index is 2360. The van der Waals surface area contributed by atoms with Gasteiger partial charge in [-0.05, 0) is 74.8 Å². The smallest absolute Gasteiger partial charge is 0.169 e. The van der Waals surface area contributed by atoms with E-state index in [1.54, 1.807) is 0 Å². The number of aliphatic imine (C=N–C) groups is 2. The Morgan fingerprint density at radius 2 is 1.36 bits per heavy atom. The predicted octanol–water partition coefficient (Wildman–Crippen LogP) is 8.98. The lowest BCUT2D eigenvalue weighted by Crippen LogP contribution is -2.36. The van der Waals surface area contributed by atoms with Gasteiger partial charge in [0.05, 0.1) is 6.54 Å². The standard InChI is InChI=1S/C40H28N4O/c1-2-7-25(8-3-1)29-16-13-27-15-18-31(23-32(27)22-29)39-42-38(30-17-14-26-9-4-5-10-28(26)21-30)43-40(44-39)34-11-6-12-35-37(34)33-19-20-41-24-36(33)45-35/h1-23,39,41H,24H2,(H,42,43,44). The van der Waals surface area contributed by atoms with Crippen LogP contribution < -0.4 is 10.6 Å². The van der Waals surface area contributed by atoms with E-state index >= 15 is 0 Å². The zero-order valence-electron chi connectivity index (χ0n) is 24.4.